The van der Waals surface area contributed by atoms with Crippen molar-refractivity contribution in [1.82, 2.24) is 0 Å². The fourth-order valence-corrected chi connectivity index (χ4v) is 2.44. The molecular weight excluding hydrogens is 228 g/mol. The first-order valence-electron chi connectivity index (χ1n) is 6.58. The van der Waals surface area contributed by atoms with Gasteiger partial charge in [-0.3, -0.25) is 0 Å². The molecule has 0 aromatic heterocycles. The van der Waals surface area contributed by atoms with E-state index >= 15 is 0 Å². The van der Waals surface area contributed by atoms with Gasteiger partial charge in [0.25, 0.3) is 0 Å². The van der Waals surface area contributed by atoms with Gasteiger partial charge < -0.3 is 20.5 Å². The second-order valence-corrected chi connectivity index (χ2v) is 4.77. The van der Waals surface area contributed by atoms with E-state index in [1.165, 1.54) is 5.69 Å². The van der Waals surface area contributed by atoms with Crippen LogP contribution in [0.25, 0.3) is 0 Å². The van der Waals surface area contributed by atoms with E-state index in [0.717, 1.165) is 25.3 Å². The fraction of sp³-hybridized carbons (Fsp3) is 0.571. The minimum absolute atomic E-state index is 0.0712. The van der Waals surface area contributed by atoms with Crippen LogP contribution in [0.15, 0.2) is 24.3 Å². The topological polar surface area (TPSA) is 58.7 Å². The van der Waals surface area contributed by atoms with E-state index in [1.54, 1.807) is 0 Å². The van der Waals surface area contributed by atoms with Crippen LogP contribution < -0.4 is 15.4 Å². The highest BCUT2D eigenvalue weighted by Crippen LogP contribution is 2.26. The lowest BCUT2D eigenvalue weighted by atomic mass is 10.0. The number of rotatable bonds is 5. The van der Waals surface area contributed by atoms with Gasteiger partial charge in [-0.15, -0.1) is 0 Å². The summed E-state index contributed by atoms with van der Waals surface area (Å²) in [4.78, 5) is 2.32. The number of nitrogens with zero attached hydrogens (tertiary/aromatic N) is 1. The molecule has 1 heterocycles. The van der Waals surface area contributed by atoms with E-state index in [9.17, 15) is 0 Å². The summed E-state index contributed by atoms with van der Waals surface area (Å²) in [6.45, 7) is 4.68. The number of hydrogen-bond donors (Lipinski definition) is 2. The lowest BCUT2D eigenvalue weighted by Gasteiger charge is -2.21. The zero-order chi connectivity index (χ0) is 13.0. The first-order chi connectivity index (χ1) is 8.74. The molecule has 2 unspecified atom stereocenters. The molecule has 1 saturated heterocycles. The van der Waals surface area contributed by atoms with E-state index in [-0.39, 0.29) is 12.6 Å². The van der Waals surface area contributed by atoms with Gasteiger partial charge in [0.2, 0.25) is 0 Å². The summed E-state index contributed by atoms with van der Waals surface area (Å²) >= 11 is 0. The van der Waals surface area contributed by atoms with E-state index in [4.69, 9.17) is 15.6 Å². The van der Waals surface area contributed by atoms with Crippen molar-refractivity contribution in [3.8, 4) is 5.75 Å². The lowest BCUT2D eigenvalue weighted by Crippen LogP contribution is -2.35. The Morgan fingerprint density at radius 3 is 2.78 bits per heavy atom. The molecule has 2 atom stereocenters. The Bertz CT molecular complexity index is 367. The third-order valence-corrected chi connectivity index (χ3v) is 3.55. The zero-order valence-electron chi connectivity index (χ0n) is 10.9. The second kappa shape index (κ2) is 6.07. The molecule has 3 N–H and O–H groups in total. The Hall–Kier alpha value is -1.26. The molecule has 1 aliphatic heterocycles. The zero-order valence-corrected chi connectivity index (χ0v) is 10.9. The minimum atomic E-state index is -0.0994. The molecule has 1 aliphatic rings. The Morgan fingerprint density at radius 1 is 1.44 bits per heavy atom. The average molecular weight is 250 g/mol. The Morgan fingerprint density at radius 2 is 2.17 bits per heavy atom. The monoisotopic (exact) mass is 250 g/mol. The van der Waals surface area contributed by atoms with Gasteiger partial charge in [0.1, 0.15) is 5.75 Å². The SMILES string of the molecule is CCOc1ccc(N2CCC(C(N)CO)C2)cc1. The van der Waals surface area contributed by atoms with Gasteiger partial charge in [-0.1, -0.05) is 0 Å². The van der Waals surface area contributed by atoms with Gasteiger partial charge in [-0.05, 0) is 43.5 Å². The highest BCUT2D eigenvalue weighted by atomic mass is 16.5. The molecule has 0 aliphatic carbocycles. The third kappa shape index (κ3) is 2.94. The summed E-state index contributed by atoms with van der Waals surface area (Å²) in [5.74, 6) is 1.30. The molecule has 18 heavy (non-hydrogen) atoms. The molecule has 1 fully saturated rings. The fourth-order valence-electron chi connectivity index (χ4n) is 2.44. The highest BCUT2D eigenvalue weighted by molar-refractivity contribution is 5.50. The van der Waals surface area contributed by atoms with Gasteiger partial charge in [0.15, 0.2) is 0 Å². The quantitative estimate of drug-likeness (QED) is 0.825. The molecule has 100 valence electrons. The number of anilines is 1. The molecule has 1 aromatic rings. The van der Waals surface area contributed by atoms with Crippen LogP contribution in [0.1, 0.15) is 13.3 Å². The number of aliphatic hydroxyl groups excluding tert-OH is 1. The number of benzene rings is 1. The highest BCUT2D eigenvalue weighted by Gasteiger charge is 2.27. The molecule has 4 nitrogen and oxygen atoms in total. The van der Waals surface area contributed by atoms with Crippen LogP contribution in [0.3, 0.4) is 0 Å². The summed E-state index contributed by atoms with van der Waals surface area (Å²) in [5.41, 5.74) is 7.09. The summed E-state index contributed by atoms with van der Waals surface area (Å²) in [5, 5.41) is 9.09. The summed E-state index contributed by atoms with van der Waals surface area (Å²) in [6, 6.07) is 8.06. The Balaban J connectivity index is 1.96. The van der Waals surface area contributed by atoms with Crippen LogP contribution in [-0.4, -0.2) is 37.5 Å². The molecule has 0 spiro atoms. The van der Waals surface area contributed by atoms with Crippen LogP contribution in [0.4, 0.5) is 5.69 Å². The number of ether oxygens (including phenoxy) is 1. The molecule has 0 radical (unpaired) electrons. The van der Waals surface area contributed by atoms with Gasteiger partial charge in [-0.25, -0.2) is 0 Å². The molecule has 2 rings (SSSR count). The van der Waals surface area contributed by atoms with Crippen molar-refractivity contribution in [3.05, 3.63) is 24.3 Å². The molecular formula is C14H22N2O2. The van der Waals surface area contributed by atoms with Crippen LogP contribution in [0, 0.1) is 5.92 Å². The van der Waals surface area contributed by atoms with Crippen molar-refractivity contribution in [1.29, 1.82) is 0 Å². The first kappa shape index (κ1) is 13.2. The normalized spacial score (nSPS) is 21.1. The van der Waals surface area contributed by atoms with Crippen LogP contribution in [0.5, 0.6) is 5.75 Å². The number of nitrogens with two attached hydrogens (primary N) is 1. The predicted molar refractivity (Wildman–Crippen MR) is 73.0 cm³/mol. The minimum Gasteiger partial charge on any atom is -0.494 e. The van der Waals surface area contributed by atoms with Crippen LogP contribution in [-0.2, 0) is 0 Å². The maximum atomic E-state index is 9.09. The number of hydrogen-bond acceptors (Lipinski definition) is 4. The second-order valence-electron chi connectivity index (χ2n) is 4.77. The van der Waals surface area contributed by atoms with Crippen LogP contribution >= 0.6 is 0 Å². The summed E-state index contributed by atoms with van der Waals surface area (Å²) in [6.07, 6.45) is 1.05. The van der Waals surface area contributed by atoms with E-state index in [2.05, 4.69) is 17.0 Å². The molecule has 0 bridgehead atoms. The van der Waals surface area contributed by atoms with Crippen molar-refractivity contribution in [2.24, 2.45) is 11.7 Å². The lowest BCUT2D eigenvalue weighted by molar-refractivity contribution is 0.233. The van der Waals surface area contributed by atoms with Gasteiger partial charge >= 0.3 is 0 Å². The standard InChI is InChI=1S/C14H22N2O2/c1-2-18-13-5-3-12(4-6-13)16-8-7-11(9-16)14(15)10-17/h3-6,11,14,17H,2,7-10,15H2,1H3. The summed E-state index contributed by atoms with van der Waals surface area (Å²) in [7, 11) is 0. The van der Waals surface area contributed by atoms with Crippen molar-refractivity contribution in [3.63, 3.8) is 0 Å². The smallest absolute Gasteiger partial charge is 0.119 e. The van der Waals surface area contributed by atoms with Crippen molar-refractivity contribution in [2.45, 2.75) is 19.4 Å². The average Bonchev–Trinajstić information content (AvgIpc) is 2.89. The van der Waals surface area contributed by atoms with Crippen LogP contribution in [0.2, 0.25) is 0 Å². The Kier molecular flexibility index (Phi) is 4.44. The maximum Gasteiger partial charge on any atom is 0.119 e. The van der Waals surface area contributed by atoms with E-state index in [0.29, 0.717) is 12.5 Å². The molecule has 0 amide bonds. The van der Waals surface area contributed by atoms with Crippen molar-refractivity contribution >= 4 is 5.69 Å². The maximum absolute atomic E-state index is 9.09. The van der Waals surface area contributed by atoms with Crippen molar-refractivity contribution in [2.75, 3.05) is 31.2 Å². The largest absolute Gasteiger partial charge is 0.494 e. The van der Waals surface area contributed by atoms with E-state index in [1.807, 2.05) is 19.1 Å². The Labute approximate surface area is 108 Å². The third-order valence-electron chi connectivity index (χ3n) is 3.55. The van der Waals surface area contributed by atoms with Gasteiger partial charge in [0, 0.05) is 24.8 Å². The molecule has 4 heteroatoms. The van der Waals surface area contributed by atoms with Gasteiger partial charge in [-0.2, -0.15) is 0 Å². The van der Waals surface area contributed by atoms with E-state index < -0.39 is 0 Å². The predicted octanol–water partition coefficient (Wildman–Crippen LogP) is 1.23. The van der Waals surface area contributed by atoms with Crippen molar-refractivity contribution < 1.29 is 9.84 Å². The van der Waals surface area contributed by atoms with Gasteiger partial charge in [0.05, 0.1) is 13.2 Å². The summed E-state index contributed by atoms with van der Waals surface area (Å²) < 4.78 is 5.43. The first-order valence-corrected chi connectivity index (χ1v) is 6.58. The number of aliphatic hydroxyl groups is 1. The molecule has 1 aromatic carbocycles. The molecule has 0 saturated carbocycles.